The van der Waals surface area contributed by atoms with Crippen LogP contribution in [0.4, 0.5) is 0 Å². The number of carbonyl (C=O) groups is 1. The number of thiazole rings is 1. The van der Waals surface area contributed by atoms with Crippen molar-refractivity contribution in [2.24, 2.45) is 0 Å². The molecule has 3 rings (SSSR count). The maximum Gasteiger partial charge on any atom is 0.273 e. The van der Waals surface area contributed by atoms with E-state index >= 15 is 0 Å². The molecule has 3 aromatic rings. The van der Waals surface area contributed by atoms with Crippen molar-refractivity contribution >= 4 is 28.6 Å². The quantitative estimate of drug-likeness (QED) is 0.698. The molecular weight excluding hydrogens is 328 g/mol. The van der Waals surface area contributed by atoms with Gasteiger partial charge in [-0.1, -0.05) is 6.07 Å². The number of rotatable bonds is 5. The van der Waals surface area contributed by atoms with E-state index in [9.17, 15) is 4.79 Å². The lowest BCUT2D eigenvalue weighted by Crippen LogP contribution is -2.26. The highest BCUT2D eigenvalue weighted by atomic mass is 32.1. The van der Waals surface area contributed by atoms with Gasteiger partial charge in [0.05, 0.1) is 13.7 Å². The normalized spacial score (nSPS) is 10.5. The van der Waals surface area contributed by atoms with Gasteiger partial charge in [-0.05, 0) is 35.7 Å². The maximum atomic E-state index is 12.5. The van der Waals surface area contributed by atoms with Gasteiger partial charge in [0, 0.05) is 22.9 Å². The Bertz CT molecular complexity index is 779. The van der Waals surface area contributed by atoms with Gasteiger partial charge in [-0.3, -0.25) is 4.79 Å². The van der Waals surface area contributed by atoms with E-state index in [4.69, 9.17) is 4.74 Å². The Morgan fingerprint density at radius 1 is 1.22 bits per heavy atom. The fraction of sp³-hybridized carbons (Fsp3) is 0.176. The average Bonchev–Trinajstić information content (AvgIpc) is 3.26. The SMILES string of the molecule is COc1ccc(-c2nc(C(=O)N(C)Cc3cccs3)cs2)cc1. The summed E-state index contributed by atoms with van der Waals surface area (Å²) in [5.74, 6) is 0.742. The Labute approximate surface area is 143 Å². The van der Waals surface area contributed by atoms with Crippen molar-refractivity contribution in [2.45, 2.75) is 6.54 Å². The second kappa shape index (κ2) is 6.93. The van der Waals surface area contributed by atoms with Crippen LogP contribution in [0.3, 0.4) is 0 Å². The lowest BCUT2D eigenvalue weighted by atomic mass is 10.2. The molecule has 1 amide bonds. The predicted molar refractivity (Wildman–Crippen MR) is 94.2 cm³/mol. The summed E-state index contributed by atoms with van der Waals surface area (Å²) in [6.07, 6.45) is 0. The van der Waals surface area contributed by atoms with E-state index in [1.54, 1.807) is 30.4 Å². The van der Waals surface area contributed by atoms with Gasteiger partial charge in [-0.2, -0.15) is 0 Å². The number of hydrogen-bond donors (Lipinski definition) is 0. The van der Waals surface area contributed by atoms with Crippen molar-refractivity contribution in [1.82, 2.24) is 9.88 Å². The molecule has 0 aliphatic carbocycles. The minimum atomic E-state index is -0.0607. The molecule has 0 fully saturated rings. The molecule has 118 valence electrons. The van der Waals surface area contributed by atoms with Crippen molar-refractivity contribution < 1.29 is 9.53 Å². The molecule has 0 bridgehead atoms. The van der Waals surface area contributed by atoms with Crippen LogP contribution >= 0.6 is 22.7 Å². The largest absolute Gasteiger partial charge is 0.497 e. The molecule has 0 atom stereocenters. The molecule has 0 radical (unpaired) electrons. The first-order valence-electron chi connectivity index (χ1n) is 7.05. The Morgan fingerprint density at radius 2 is 2.00 bits per heavy atom. The van der Waals surface area contributed by atoms with Crippen LogP contribution in [0, 0.1) is 0 Å². The standard InChI is InChI=1S/C17H16N2O2S2/c1-19(10-14-4-3-9-22-14)17(20)15-11-23-16(18-15)12-5-7-13(21-2)8-6-12/h3-9,11H,10H2,1-2H3. The average molecular weight is 344 g/mol. The molecule has 2 heterocycles. The number of benzene rings is 1. The Morgan fingerprint density at radius 3 is 2.65 bits per heavy atom. The molecule has 23 heavy (non-hydrogen) atoms. The minimum absolute atomic E-state index is 0.0607. The predicted octanol–water partition coefficient (Wildman–Crippen LogP) is 4.15. The van der Waals surface area contributed by atoms with Crippen LogP contribution in [0.25, 0.3) is 10.6 Å². The van der Waals surface area contributed by atoms with Crippen LogP contribution in [0.5, 0.6) is 5.75 Å². The number of carbonyl (C=O) groups excluding carboxylic acids is 1. The fourth-order valence-corrected chi connectivity index (χ4v) is 3.70. The van der Waals surface area contributed by atoms with Crippen LogP contribution in [0.15, 0.2) is 47.2 Å². The van der Waals surface area contributed by atoms with Crippen molar-refractivity contribution in [1.29, 1.82) is 0 Å². The third kappa shape index (κ3) is 3.60. The first-order chi connectivity index (χ1) is 11.2. The van der Waals surface area contributed by atoms with E-state index in [0.29, 0.717) is 12.2 Å². The molecule has 1 aromatic carbocycles. The Hall–Kier alpha value is -2.18. The molecule has 0 unspecified atom stereocenters. The monoisotopic (exact) mass is 344 g/mol. The molecule has 2 aromatic heterocycles. The Balaban J connectivity index is 1.73. The van der Waals surface area contributed by atoms with E-state index in [0.717, 1.165) is 21.2 Å². The number of aromatic nitrogens is 1. The third-order valence-electron chi connectivity index (χ3n) is 3.38. The molecular formula is C17H16N2O2S2. The summed E-state index contributed by atoms with van der Waals surface area (Å²) in [6.45, 7) is 0.603. The van der Waals surface area contributed by atoms with Gasteiger partial charge in [-0.15, -0.1) is 22.7 Å². The van der Waals surface area contributed by atoms with E-state index in [2.05, 4.69) is 4.98 Å². The van der Waals surface area contributed by atoms with Gasteiger partial charge in [0.1, 0.15) is 16.5 Å². The molecule has 0 spiro atoms. The lowest BCUT2D eigenvalue weighted by Gasteiger charge is -2.14. The van der Waals surface area contributed by atoms with Gasteiger partial charge in [0.2, 0.25) is 0 Å². The number of amides is 1. The van der Waals surface area contributed by atoms with Crippen LogP contribution in [-0.4, -0.2) is 29.9 Å². The van der Waals surface area contributed by atoms with Crippen LogP contribution < -0.4 is 4.74 Å². The minimum Gasteiger partial charge on any atom is -0.497 e. The number of thiophene rings is 1. The highest BCUT2D eigenvalue weighted by Crippen LogP contribution is 2.26. The zero-order valence-corrected chi connectivity index (χ0v) is 14.5. The van der Waals surface area contributed by atoms with E-state index in [-0.39, 0.29) is 5.91 Å². The number of hydrogen-bond acceptors (Lipinski definition) is 5. The number of methoxy groups -OCH3 is 1. The van der Waals surface area contributed by atoms with E-state index < -0.39 is 0 Å². The summed E-state index contributed by atoms with van der Waals surface area (Å²) >= 11 is 3.12. The van der Waals surface area contributed by atoms with Gasteiger partial charge < -0.3 is 9.64 Å². The number of ether oxygens (including phenoxy) is 1. The summed E-state index contributed by atoms with van der Waals surface area (Å²) < 4.78 is 5.15. The maximum absolute atomic E-state index is 12.5. The molecule has 0 aliphatic heterocycles. The second-order valence-electron chi connectivity index (χ2n) is 5.01. The topological polar surface area (TPSA) is 42.4 Å². The summed E-state index contributed by atoms with van der Waals surface area (Å²) in [5.41, 5.74) is 1.47. The van der Waals surface area contributed by atoms with Gasteiger partial charge >= 0.3 is 0 Å². The summed E-state index contributed by atoms with van der Waals surface area (Å²) in [4.78, 5) is 19.8. The molecule has 0 saturated carbocycles. The summed E-state index contributed by atoms with van der Waals surface area (Å²) in [6, 6.07) is 11.7. The first kappa shape index (κ1) is 15.7. The first-order valence-corrected chi connectivity index (χ1v) is 8.81. The van der Waals surface area contributed by atoms with Crippen molar-refractivity contribution in [3.63, 3.8) is 0 Å². The summed E-state index contributed by atoms with van der Waals surface area (Å²) in [7, 11) is 3.44. The Kier molecular flexibility index (Phi) is 4.73. The van der Waals surface area contributed by atoms with Crippen LogP contribution in [-0.2, 0) is 6.54 Å². The number of nitrogens with zero attached hydrogens (tertiary/aromatic N) is 2. The summed E-state index contributed by atoms with van der Waals surface area (Å²) in [5, 5.41) is 4.66. The van der Waals surface area contributed by atoms with Crippen molar-refractivity contribution in [3.05, 3.63) is 57.7 Å². The molecule has 6 heteroatoms. The molecule has 0 aliphatic rings. The zero-order chi connectivity index (χ0) is 16.2. The highest BCUT2D eigenvalue weighted by molar-refractivity contribution is 7.13. The molecule has 0 saturated heterocycles. The fourth-order valence-electron chi connectivity index (χ4n) is 2.14. The van der Waals surface area contributed by atoms with Crippen molar-refractivity contribution in [3.8, 4) is 16.3 Å². The molecule has 0 N–H and O–H groups in total. The highest BCUT2D eigenvalue weighted by Gasteiger charge is 2.16. The van der Waals surface area contributed by atoms with Crippen LogP contribution in [0.2, 0.25) is 0 Å². The van der Waals surface area contributed by atoms with Gasteiger partial charge in [0.15, 0.2) is 0 Å². The van der Waals surface area contributed by atoms with Gasteiger partial charge in [0.25, 0.3) is 5.91 Å². The van der Waals surface area contributed by atoms with E-state index in [1.807, 2.05) is 47.2 Å². The van der Waals surface area contributed by atoms with Crippen molar-refractivity contribution in [2.75, 3.05) is 14.2 Å². The van der Waals surface area contributed by atoms with E-state index in [1.165, 1.54) is 11.3 Å². The lowest BCUT2D eigenvalue weighted by molar-refractivity contribution is 0.0781. The van der Waals surface area contributed by atoms with Gasteiger partial charge in [-0.25, -0.2) is 4.98 Å². The second-order valence-corrected chi connectivity index (χ2v) is 6.90. The van der Waals surface area contributed by atoms with Crippen LogP contribution in [0.1, 0.15) is 15.4 Å². The molecule has 4 nitrogen and oxygen atoms in total. The smallest absolute Gasteiger partial charge is 0.273 e. The zero-order valence-electron chi connectivity index (χ0n) is 12.9. The third-order valence-corrected chi connectivity index (χ3v) is 5.13.